The van der Waals surface area contributed by atoms with Gasteiger partial charge in [0.2, 0.25) is 11.8 Å². The summed E-state index contributed by atoms with van der Waals surface area (Å²) >= 11 is 0. The molecule has 1 aliphatic heterocycles. The molecule has 0 spiro atoms. The molecule has 0 aliphatic carbocycles. The van der Waals surface area contributed by atoms with Gasteiger partial charge in [0.25, 0.3) is 0 Å². The Morgan fingerprint density at radius 2 is 1.62 bits per heavy atom. The van der Waals surface area contributed by atoms with Gasteiger partial charge in [-0.05, 0) is 79.3 Å². The molecule has 4 rings (SSSR count). The highest BCUT2D eigenvalue weighted by Crippen LogP contribution is 2.33. The average molecular weight is 457 g/mol. The number of rotatable bonds is 7. The van der Waals surface area contributed by atoms with Gasteiger partial charge in [-0.15, -0.1) is 0 Å². The van der Waals surface area contributed by atoms with Crippen LogP contribution in [0.15, 0.2) is 60.7 Å². The van der Waals surface area contributed by atoms with Crippen LogP contribution in [0, 0.1) is 19.8 Å². The summed E-state index contributed by atoms with van der Waals surface area (Å²) < 4.78 is 6.01. The number of anilines is 2. The van der Waals surface area contributed by atoms with Crippen LogP contribution in [0.25, 0.3) is 0 Å². The first-order chi connectivity index (χ1) is 16.4. The number of nitrogens with zero attached hydrogens (tertiary/aromatic N) is 1. The molecule has 34 heavy (non-hydrogen) atoms. The summed E-state index contributed by atoms with van der Waals surface area (Å²) in [5.41, 5.74) is 6.25. The van der Waals surface area contributed by atoms with E-state index in [4.69, 9.17) is 4.74 Å². The Morgan fingerprint density at radius 3 is 2.26 bits per heavy atom. The van der Waals surface area contributed by atoms with Crippen molar-refractivity contribution in [2.24, 2.45) is 5.92 Å². The Balaban J connectivity index is 1.43. The van der Waals surface area contributed by atoms with Crippen LogP contribution in [0.4, 0.5) is 11.4 Å². The summed E-state index contributed by atoms with van der Waals surface area (Å²) in [6.07, 6.45) is 1.92. The van der Waals surface area contributed by atoms with Crippen LogP contribution in [0.5, 0.6) is 11.5 Å². The first-order valence-corrected chi connectivity index (χ1v) is 12.0. The van der Waals surface area contributed by atoms with Gasteiger partial charge >= 0.3 is 0 Å². The highest BCUT2D eigenvalue weighted by Gasteiger charge is 2.36. The molecule has 0 bridgehead atoms. The molecule has 176 valence electrons. The maximum absolute atomic E-state index is 13.0. The van der Waals surface area contributed by atoms with Crippen LogP contribution < -0.4 is 15.0 Å². The molecule has 5 nitrogen and oxygen atoms in total. The second kappa shape index (κ2) is 10.1. The van der Waals surface area contributed by atoms with Gasteiger partial charge in [0.1, 0.15) is 11.5 Å². The van der Waals surface area contributed by atoms with E-state index in [1.165, 1.54) is 5.56 Å². The Kier molecular flexibility index (Phi) is 7.01. The lowest BCUT2D eigenvalue weighted by molar-refractivity contribution is -0.122. The fraction of sp³-hybridized carbons (Fsp3) is 0.310. The van der Waals surface area contributed by atoms with E-state index in [0.717, 1.165) is 41.0 Å². The molecule has 3 aromatic carbocycles. The van der Waals surface area contributed by atoms with E-state index < -0.39 is 0 Å². The standard InChI is InChI=1S/C29H32N2O3/c1-5-21-10-8-11-22(6-2)28(21)31-18-23(17-27(31)32)29(33)30-24-13-15-25(16-14-24)34-26-12-7-9-19(3)20(26)4/h7-16,23H,5-6,17-18H2,1-4H3,(H,30,33)/t23-/m0/s1. The van der Waals surface area contributed by atoms with Crippen molar-refractivity contribution in [1.82, 2.24) is 0 Å². The highest BCUT2D eigenvalue weighted by atomic mass is 16.5. The molecule has 2 amide bonds. The van der Waals surface area contributed by atoms with Crippen molar-refractivity contribution >= 4 is 23.2 Å². The summed E-state index contributed by atoms with van der Waals surface area (Å²) in [5, 5.41) is 2.97. The number of ether oxygens (including phenoxy) is 1. The van der Waals surface area contributed by atoms with Gasteiger partial charge in [0.05, 0.1) is 5.92 Å². The van der Waals surface area contributed by atoms with Gasteiger partial charge < -0.3 is 15.0 Å². The molecule has 0 radical (unpaired) electrons. The van der Waals surface area contributed by atoms with Gasteiger partial charge in [0, 0.05) is 24.3 Å². The summed E-state index contributed by atoms with van der Waals surface area (Å²) in [7, 11) is 0. The van der Waals surface area contributed by atoms with Crippen molar-refractivity contribution in [3.63, 3.8) is 0 Å². The maximum atomic E-state index is 13.0. The van der Waals surface area contributed by atoms with Crippen molar-refractivity contribution in [2.75, 3.05) is 16.8 Å². The lowest BCUT2D eigenvalue weighted by Crippen LogP contribution is -2.29. The fourth-order valence-corrected chi connectivity index (χ4v) is 4.47. The number of benzene rings is 3. The zero-order valence-corrected chi connectivity index (χ0v) is 20.4. The monoisotopic (exact) mass is 456 g/mol. The van der Waals surface area contributed by atoms with Gasteiger partial charge in [-0.1, -0.05) is 44.2 Å². The summed E-state index contributed by atoms with van der Waals surface area (Å²) in [4.78, 5) is 27.7. The Hall–Kier alpha value is -3.60. The molecule has 1 saturated heterocycles. The van der Waals surface area contributed by atoms with Crippen LogP contribution in [0.1, 0.15) is 42.5 Å². The van der Waals surface area contributed by atoms with Gasteiger partial charge in [-0.25, -0.2) is 0 Å². The Labute approximate surface area is 201 Å². The van der Waals surface area contributed by atoms with E-state index in [0.29, 0.717) is 18.0 Å². The third-order valence-corrected chi connectivity index (χ3v) is 6.64. The number of carbonyl (C=O) groups is 2. The molecule has 5 heteroatoms. The van der Waals surface area contributed by atoms with Crippen LogP contribution in [0.3, 0.4) is 0 Å². The molecule has 0 saturated carbocycles. The topological polar surface area (TPSA) is 58.6 Å². The van der Waals surface area contributed by atoms with Crippen LogP contribution >= 0.6 is 0 Å². The van der Waals surface area contributed by atoms with E-state index in [9.17, 15) is 9.59 Å². The molecule has 1 N–H and O–H groups in total. The van der Waals surface area contributed by atoms with E-state index in [1.54, 1.807) is 0 Å². The molecule has 0 unspecified atom stereocenters. The third kappa shape index (κ3) is 4.84. The zero-order chi connectivity index (χ0) is 24.2. The fourth-order valence-electron chi connectivity index (χ4n) is 4.47. The van der Waals surface area contributed by atoms with E-state index in [1.807, 2.05) is 54.3 Å². The molecular formula is C29H32N2O3. The SMILES string of the molecule is CCc1cccc(CC)c1N1C[C@@H](C(=O)Nc2ccc(Oc3cccc(C)c3C)cc2)CC1=O. The Morgan fingerprint density at radius 1 is 0.971 bits per heavy atom. The quantitative estimate of drug-likeness (QED) is 0.460. The number of amides is 2. The molecule has 3 aromatic rings. The highest BCUT2D eigenvalue weighted by molar-refractivity contribution is 6.04. The van der Waals surface area contributed by atoms with Crippen LogP contribution in [-0.2, 0) is 22.4 Å². The lowest BCUT2D eigenvalue weighted by atomic mass is 10.0. The molecule has 1 fully saturated rings. The van der Waals surface area contributed by atoms with Gasteiger partial charge in [0.15, 0.2) is 0 Å². The minimum absolute atomic E-state index is 0.00743. The van der Waals surface area contributed by atoms with E-state index in [2.05, 4.69) is 44.3 Å². The largest absolute Gasteiger partial charge is 0.457 e. The predicted molar refractivity (Wildman–Crippen MR) is 137 cm³/mol. The van der Waals surface area contributed by atoms with E-state index >= 15 is 0 Å². The van der Waals surface area contributed by atoms with Crippen molar-refractivity contribution in [2.45, 2.75) is 47.0 Å². The smallest absolute Gasteiger partial charge is 0.229 e. The van der Waals surface area contributed by atoms with E-state index in [-0.39, 0.29) is 24.2 Å². The average Bonchev–Trinajstić information content (AvgIpc) is 3.23. The number of aryl methyl sites for hydroxylation is 3. The zero-order valence-electron chi connectivity index (χ0n) is 20.4. The molecule has 1 aliphatic rings. The van der Waals surface area contributed by atoms with Gasteiger partial charge in [-0.3, -0.25) is 9.59 Å². The van der Waals surface area contributed by atoms with Crippen LogP contribution in [0.2, 0.25) is 0 Å². The molecule has 1 heterocycles. The first-order valence-electron chi connectivity index (χ1n) is 12.0. The van der Waals surface area contributed by atoms with Crippen molar-refractivity contribution in [3.05, 3.63) is 82.9 Å². The number of carbonyl (C=O) groups excluding carboxylic acids is 2. The first kappa shape index (κ1) is 23.6. The number of para-hydroxylation sites is 1. The summed E-state index contributed by atoms with van der Waals surface area (Å²) in [5.74, 6) is 1.02. The molecule has 1 atom stereocenters. The number of hydrogen-bond donors (Lipinski definition) is 1. The number of hydrogen-bond acceptors (Lipinski definition) is 3. The predicted octanol–water partition coefficient (Wildman–Crippen LogP) is 6.21. The minimum atomic E-state index is -0.381. The van der Waals surface area contributed by atoms with Gasteiger partial charge in [-0.2, -0.15) is 0 Å². The normalized spacial score (nSPS) is 15.5. The Bertz CT molecular complexity index is 1180. The van der Waals surface area contributed by atoms with Crippen LogP contribution in [-0.4, -0.2) is 18.4 Å². The third-order valence-electron chi connectivity index (χ3n) is 6.64. The number of nitrogens with one attached hydrogen (secondary N) is 1. The van der Waals surface area contributed by atoms with Crippen molar-refractivity contribution in [3.8, 4) is 11.5 Å². The molecule has 0 aromatic heterocycles. The minimum Gasteiger partial charge on any atom is -0.457 e. The summed E-state index contributed by atoms with van der Waals surface area (Å²) in [6.45, 7) is 8.68. The maximum Gasteiger partial charge on any atom is 0.229 e. The second-order valence-electron chi connectivity index (χ2n) is 8.85. The lowest BCUT2D eigenvalue weighted by Gasteiger charge is -2.23. The second-order valence-corrected chi connectivity index (χ2v) is 8.85. The molecular weight excluding hydrogens is 424 g/mol. The summed E-state index contributed by atoms with van der Waals surface area (Å²) in [6, 6.07) is 19.5. The van der Waals surface area contributed by atoms with Crippen molar-refractivity contribution in [1.29, 1.82) is 0 Å². The van der Waals surface area contributed by atoms with Crippen molar-refractivity contribution < 1.29 is 14.3 Å².